The van der Waals surface area contributed by atoms with Gasteiger partial charge in [-0.3, -0.25) is 0 Å². The largest absolute Gasteiger partial charge is 1.00 e. The maximum Gasteiger partial charge on any atom is 0.124 e. The number of benzene rings is 2. The molecule has 0 saturated heterocycles. The smallest absolute Gasteiger partial charge is 0.124 e. The molecule has 0 saturated carbocycles. The van der Waals surface area contributed by atoms with Gasteiger partial charge in [-0.25, -0.2) is 0 Å². The first-order chi connectivity index (χ1) is 8.79. The molecule has 0 heterocycles. The number of nitrogens with one attached hydrogen (secondary N) is 1. The van der Waals surface area contributed by atoms with Crippen LogP contribution in [0.5, 0.6) is 5.75 Å². The predicted molar refractivity (Wildman–Crippen MR) is 74.7 cm³/mol. The molecule has 0 atom stereocenters. The number of hydrogen-bond donors (Lipinski definition) is 1. The second-order valence-corrected chi connectivity index (χ2v) is 4.41. The van der Waals surface area contributed by atoms with Gasteiger partial charge < -0.3 is 22.5 Å². The lowest BCUT2D eigenvalue weighted by Crippen LogP contribution is -3.00. The van der Waals surface area contributed by atoms with Gasteiger partial charge in [-0.05, 0) is 25.6 Å². The highest BCUT2D eigenvalue weighted by molar-refractivity contribution is 5.33. The molecule has 0 aliphatic rings. The predicted octanol–water partition coefficient (Wildman–Crippen LogP) is 0.297. The fourth-order valence-corrected chi connectivity index (χ4v) is 1.83. The molecule has 19 heavy (non-hydrogen) atoms. The minimum atomic E-state index is 0. The van der Waals surface area contributed by atoms with E-state index < -0.39 is 0 Å². The Hall–Kier alpha value is -1.51. The molecule has 0 radical (unpaired) electrons. The van der Waals surface area contributed by atoms with E-state index in [9.17, 15) is 0 Å². The SMILES string of the molecule is CNCc1ccccc1OCc1ccc(C)cc1.[Cl-]. The van der Waals surface area contributed by atoms with Crippen molar-refractivity contribution in [3.05, 3.63) is 65.2 Å². The number of para-hydroxylation sites is 1. The maximum atomic E-state index is 5.88. The van der Waals surface area contributed by atoms with Crippen LogP contribution in [-0.2, 0) is 13.2 Å². The summed E-state index contributed by atoms with van der Waals surface area (Å²) in [5, 5.41) is 3.15. The molecule has 2 aromatic rings. The van der Waals surface area contributed by atoms with E-state index in [1.165, 1.54) is 16.7 Å². The first-order valence-corrected chi connectivity index (χ1v) is 6.20. The van der Waals surface area contributed by atoms with Gasteiger partial charge in [0.15, 0.2) is 0 Å². The van der Waals surface area contributed by atoms with Gasteiger partial charge in [-0.1, -0.05) is 48.0 Å². The number of hydrogen-bond acceptors (Lipinski definition) is 2. The van der Waals surface area contributed by atoms with Gasteiger partial charge in [-0.15, -0.1) is 0 Å². The first-order valence-electron chi connectivity index (χ1n) is 6.20. The van der Waals surface area contributed by atoms with Crippen LogP contribution in [0.2, 0.25) is 0 Å². The Labute approximate surface area is 121 Å². The molecule has 2 rings (SSSR count). The van der Waals surface area contributed by atoms with Crippen LogP contribution >= 0.6 is 0 Å². The highest BCUT2D eigenvalue weighted by Crippen LogP contribution is 2.19. The standard InChI is InChI=1S/C16H19NO.ClH/c1-13-7-9-14(10-8-13)12-18-16-6-4-3-5-15(16)11-17-2;/h3-10,17H,11-12H2,1-2H3;1H/p-1. The molecule has 2 nitrogen and oxygen atoms in total. The average Bonchev–Trinajstić information content (AvgIpc) is 2.40. The van der Waals surface area contributed by atoms with Crippen LogP contribution in [0.4, 0.5) is 0 Å². The number of halogens is 1. The molecular weight excluding hydrogens is 258 g/mol. The Morgan fingerprint density at radius 1 is 1.00 bits per heavy atom. The highest BCUT2D eigenvalue weighted by atomic mass is 35.5. The summed E-state index contributed by atoms with van der Waals surface area (Å²) >= 11 is 0. The third-order valence-electron chi connectivity index (χ3n) is 2.85. The van der Waals surface area contributed by atoms with Crippen molar-refractivity contribution in [1.29, 1.82) is 0 Å². The average molecular weight is 277 g/mol. The lowest BCUT2D eigenvalue weighted by molar-refractivity contribution is -0.00000412. The maximum absolute atomic E-state index is 5.88. The molecular formula is C16H19ClNO-. The Balaban J connectivity index is 0.00000180. The topological polar surface area (TPSA) is 21.3 Å². The summed E-state index contributed by atoms with van der Waals surface area (Å²) in [5.74, 6) is 0.951. The van der Waals surface area contributed by atoms with E-state index in [4.69, 9.17) is 4.74 Å². The Morgan fingerprint density at radius 3 is 2.37 bits per heavy atom. The fourth-order valence-electron chi connectivity index (χ4n) is 1.83. The zero-order valence-electron chi connectivity index (χ0n) is 11.3. The van der Waals surface area contributed by atoms with Crippen molar-refractivity contribution in [2.45, 2.75) is 20.1 Å². The third-order valence-corrected chi connectivity index (χ3v) is 2.85. The fraction of sp³-hybridized carbons (Fsp3) is 0.250. The van der Waals surface area contributed by atoms with Gasteiger partial charge in [0.2, 0.25) is 0 Å². The summed E-state index contributed by atoms with van der Waals surface area (Å²) in [6.07, 6.45) is 0. The van der Waals surface area contributed by atoms with Gasteiger partial charge in [0.05, 0.1) is 0 Å². The minimum absolute atomic E-state index is 0. The number of aryl methyl sites for hydroxylation is 1. The van der Waals surface area contributed by atoms with E-state index in [2.05, 4.69) is 42.6 Å². The quantitative estimate of drug-likeness (QED) is 0.848. The Bertz CT molecular complexity index is 496. The van der Waals surface area contributed by atoms with E-state index in [0.717, 1.165) is 12.3 Å². The highest BCUT2D eigenvalue weighted by Gasteiger charge is 2.02. The van der Waals surface area contributed by atoms with Crippen LogP contribution in [-0.4, -0.2) is 7.05 Å². The van der Waals surface area contributed by atoms with E-state index in [0.29, 0.717) is 6.61 Å². The van der Waals surface area contributed by atoms with Crippen LogP contribution in [0.1, 0.15) is 16.7 Å². The Morgan fingerprint density at radius 2 is 1.68 bits per heavy atom. The normalized spacial score (nSPS) is 9.79. The molecule has 2 aromatic carbocycles. The molecule has 0 aromatic heterocycles. The molecule has 3 heteroatoms. The van der Waals surface area contributed by atoms with Crippen molar-refractivity contribution in [3.63, 3.8) is 0 Å². The van der Waals surface area contributed by atoms with Gasteiger partial charge in [-0.2, -0.15) is 0 Å². The molecule has 0 aliphatic heterocycles. The van der Waals surface area contributed by atoms with Crippen molar-refractivity contribution >= 4 is 0 Å². The van der Waals surface area contributed by atoms with Crippen LogP contribution in [0.25, 0.3) is 0 Å². The Kier molecular flexibility index (Phi) is 6.40. The molecule has 0 fully saturated rings. The monoisotopic (exact) mass is 276 g/mol. The van der Waals surface area contributed by atoms with Crippen molar-refractivity contribution < 1.29 is 17.1 Å². The van der Waals surface area contributed by atoms with E-state index in [-0.39, 0.29) is 12.4 Å². The van der Waals surface area contributed by atoms with Crippen LogP contribution in [0.15, 0.2) is 48.5 Å². The molecule has 0 amide bonds. The third kappa shape index (κ3) is 4.58. The zero-order valence-corrected chi connectivity index (χ0v) is 12.1. The molecule has 0 unspecified atom stereocenters. The summed E-state index contributed by atoms with van der Waals surface area (Å²) < 4.78 is 5.88. The van der Waals surface area contributed by atoms with E-state index >= 15 is 0 Å². The summed E-state index contributed by atoms with van der Waals surface area (Å²) in [6.45, 7) is 3.53. The molecule has 0 spiro atoms. The molecule has 0 aliphatic carbocycles. The summed E-state index contributed by atoms with van der Waals surface area (Å²) in [7, 11) is 1.94. The minimum Gasteiger partial charge on any atom is -1.00 e. The molecule has 1 N–H and O–H groups in total. The van der Waals surface area contributed by atoms with E-state index in [1.807, 2.05) is 25.2 Å². The summed E-state index contributed by atoms with van der Waals surface area (Å²) in [5.41, 5.74) is 3.65. The van der Waals surface area contributed by atoms with Crippen LogP contribution in [0, 0.1) is 6.92 Å². The number of ether oxygens (including phenoxy) is 1. The van der Waals surface area contributed by atoms with E-state index in [1.54, 1.807) is 0 Å². The lowest BCUT2D eigenvalue weighted by Gasteiger charge is -2.11. The second-order valence-electron chi connectivity index (χ2n) is 4.41. The second kappa shape index (κ2) is 7.82. The van der Waals surface area contributed by atoms with Crippen molar-refractivity contribution in [2.24, 2.45) is 0 Å². The molecule has 0 bridgehead atoms. The van der Waals surface area contributed by atoms with Crippen molar-refractivity contribution in [2.75, 3.05) is 7.05 Å². The van der Waals surface area contributed by atoms with Crippen LogP contribution in [0.3, 0.4) is 0 Å². The van der Waals surface area contributed by atoms with Crippen molar-refractivity contribution in [3.8, 4) is 5.75 Å². The first kappa shape index (κ1) is 15.5. The lowest BCUT2D eigenvalue weighted by atomic mass is 10.1. The summed E-state index contributed by atoms with van der Waals surface area (Å²) in [4.78, 5) is 0. The van der Waals surface area contributed by atoms with Gasteiger partial charge >= 0.3 is 0 Å². The summed E-state index contributed by atoms with van der Waals surface area (Å²) in [6, 6.07) is 16.6. The van der Waals surface area contributed by atoms with Gasteiger partial charge in [0.25, 0.3) is 0 Å². The van der Waals surface area contributed by atoms with Crippen molar-refractivity contribution in [1.82, 2.24) is 5.32 Å². The zero-order chi connectivity index (χ0) is 12.8. The van der Waals surface area contributed by atoms with Gasteiger partial charge in [0, 0.05) is 12.1 Å². The van der Waals surface area contributed by atoms with Crippen LogP contribution < -0.4 is 22.5 Å². The molecule has 102 valence electrons. The number of rotatable bonds is 5. The van der Waals surface area contributed by atoms with Gasteiger partial charge in [0.1, 0.15) is 12.4 Å².